The van der Waals surface area contributed by atoms with Crippen LogP contribution in [0.15, 0.2) is 18.2 Å². The van der Waals surface area contributed by atoms with Gasteiger partial charge in [0.15, 0.2) is 0 Å². The Morgan fingerprint density at radius 1 is 1.06 bits per heavy atom. The summed E-state index contributed by atoms with van der Waals surface area (Å²) in [4.78, 5) is 0. The average Bonchev–Trinajstić information content (AvgIpc) is 2.35. The fourth-order valence-electron chi connectivity index (χ4n) is 1.47. The molecule has 0 amide bonds. The third-order valence-corrected chi connectivity index (χ3v) is 3.23. The summed E-state index contributed by atoms with van der Waals surface area (Å²) in [6, 6.07) is 10.4. The van der Waals surface area contributed by atoms with E-state index in [4.69, 9.17) is 10.5 Å². The smallest absolute Gasteiger partial charge is 0.0700 e. The van der Waals surface area contributed by atoms with Crippen LogP contribution in [0.2, 0.25) is 0 Å². The summed E-state index contributed by atoms with van der Waals surface area (Å²) >= 11 is 3.40. The molecule has 0 saturated carbocycles. The van der Waals surface area contributed by atoms with Crippen LogP contribution in [0.1, 0.15) is 42.4 Å². The molecule has 2 atom stereocenters. The lowest BCUT2D eigenvalue weighted by atomic mass is 9.93. The molecule has 2 unspecified atom stereocenters. The van der Waals surface area contributed by atoms with Gasteiger partial charge in [0.25, 0.3) is 0 Å². The van der Waals surface area contributed by atoms with Crippen molar-refractivity contribution in [1.29, 1.82) is 10.5 Å². The molecule has 0 radical (unpaired) electrons. The Balaban J connectivity index is 3.23. The highest BCUT2D eigenvalue weighted by atomic mass is 79.9. The van der Waals surface area contributed by atoms with Crippen LogP contribution in [-0.4, -0.2) is 0 Å². The molecule has 0 aliphatic carbocycles. The van der Waals surface area contributed by atoms with Gasteiger partial charge in [0.2, 0.25) is 0 Å². The maximum absolute atomic E-state index is 8.91. The van der Waals surface area contributed by atoms with Crippen LogP contribution >= 0.6 is 15.9 Å². The van der Waals surface area contributed by atoms with Gasteiger partial charge in [-0.15, -0.1) is 0 Å². The molecule has 0 spiro atoms. The van der Waals surface area contributed by atoms with Crippen LogP contribution in [0.25, 0.3) is 0 Å². The minimum Gasteiger partial charge on any atom is -0.198 e. The van der Waals surface area contributed by atoms with Gasteiger partial charge in [0.1, 0.15) is 0 Å². The van der Waals surface area contributed by atoms with Gasteiger partial charge in [-0.25, -0.2) is 0 Å². The zero-order chi connectivity index (χ0) is 12.1. The predicted molar refractivity (Wildman–Crippen MR) is 67.1 cm³/mol. The van der Waals surface area contributed by atoms with Crippen molar-refractivity contribution in [2.75, 3.05) is 0 Å². The van der Waals surface area contributed by atoms with E-state index in [9.17, 15) is 0 Å². The van der Waals surface area contributed by atoms with E-state index in [0.29, 0.717) is 0 Å². The average molecular weight is 277 g/mol. The number of rotatable bonds is 3. The Hall–Kier alpha value is -1.32. The van der Waals surface area contributed by atoms with Crippen LogP contribution in [0, 0.1) is 22.7 Å². The second kappa shape index (κ2) is 5.68. The highest BCUT2D eigenvalue weighted by Gasteiger charge is 2.10. The molecule has 1 aromatic carbocycles. The molecular weight excluding hydrogens is 264 g/mol. The van der Waals surface area contributed by atoms with Crippen LogP contribution in [0.3, 0.4) is 0 Å². The molecule has 0 aliphatic heterocycles. The monoisotopic (exact) mass is 276 g/mol. The van der Waals surface area contributed by atoms with E-state index in [1.807, 2.05) is 32.0 Å². The summed E-state index contributed by atoms with van der Waals surface area (Å²) in [5.41, 5.74) is 3.07. The molecule has 0 fully saturated rings. The number of hydrogen-bond donors (Lipinski definition) is 0. The Bertz CT molecular complexity index is 416. The van der Waals surface area contributed by atoms with Gasteiger partial charge in [-0.2, -0.15) is 10.5 Å². The second-order valence-electron chi connectivity index (χ2n) is 3.84. The molecule has 3 heteroatoms. The molecule has 16 heavy (non-hydrogen) atoms. The summed E-state index contributed by atoms with van der Waals surface area (Å²) in [5, 5.41) is 18.6. The largest absolute Gasteiger partial charge is 0.198 e. The predicted octanol–water partition coefficient (Wildman–Crippen LogP) is 3.84. The van der Waals surface area contributed by atoms with Crippen LogP contribution in [-0.2, 0) is 5.33 Å². The van der Waals surface area contributed by atoms with Gasteiger partial charge >= 0.3 is 0 Å². The van der Waals surface area contributed by atoms with E-state index >= 15 is 0 Å². The molecular formula is C13H13BrN2. The summed E-state index contributed by atoms with van der Waals surface area (Å²) in [6.07, 6.45) is 0. The summed E-state index contributed by atoms with van der Waals surface area (Å²) in [6.45, 7) is 3.74. The lowest BCUT2D eigenvalue weighted by Crippen LogP contribution is -1.97. The second-order valence-corrected chi connectivity index (χ2v) is 4.40. The Labute approximate surface area is 105 Å². The van der Waals surface area contributed by atoms with E-state index in [-0.39, 0.29) is 11.8 Å². The summed E-state index contributed by atoms with van der Waals surface area (Å²) < 4.78 is 0. The molecule has 82 valence electrons. The summed E-state index contributed by atoms with van der Waals surface area (Å²) in [5.74, 6) is -0.271. The van der Waals surface area contributed by atoms with Gasteiger partial charge < -0.3 is 0 Å². The fourth-order valence-corrected chi connectivity index (χ4v) is 1.80. The first-order chi connectivity index (χ1) is 7.62. The zero-order valence-electron chi connectivity index (χ0n) is 9.37. The number of alkyl halides is 1. The minimum absolute atomic E-state index is 0.136. The maximum Gasteiger partial charge on any atom is 0.0700 e. The van der Waals surface area contributed by atoms with Crippen molar-refractivity contribution in [2.24, 2.45) is 0 Å². The van der Waals surface area contributed by atoms with Crippen molar-refractivity contribution in [3.63, 3.8) is 0 Å². The van der Waals surface area contributed by atoms with Crippen LogP contribution < -0.4 is 0 Å². The molecule has 1 rings (SSSR count). The van der Waals surface area contributed by atoms with E-state index < -0.39 is 0 Å². The van der Waals surface area contributed by atoms with Gasteiger partial charge in [-0.05, 0) is 30.5 Å². The SMILES string of the molecule is CC(C#N)c1cc(CBr)cc(C(C)C#N)c1. The lowest BCUT2D eigenvalue weighted by Gasteiger charge is -2.10. The van der Waals surface area contributed by atoms with Crippen molar-refractivity contribution in [3.05, 3.63) is 34.9 Å². The topological polar surface area (TPSA) is 47.6 Å². The van der Waals surface area contributed by atoms with Crippen LogP contribution in [0.5, 0.6) is 0 Å². The van der Waals surface area contributed by atoms with Crippen molar-refractivity contribution in [3.8, 4) is 12.1 Å². The lowest BCUT2D eigenvalue weighted by molar-refractivity contribution is 0.936. The molecule has 0 aromatic heterocycles. The van der Waals surface area contributed by atoms with Crippen molar-refractivity contribution < 1.29 is 0 Å². The Kier molecular flexibility index (Phi) is 4.52. The van der Waals surface area contributed by atoms with E-state index in [0.717, 1.165) is 22.0 Å². The highest BCUT2D eigenvalue weighted by Crippen LogP contribution is 2.24. The third kappa shape index (κ3) is 2.84. The molecule has 0 heterocycles. The third-order valence-electron chi connectivity index (χ3n) is 2.58. The molecule has 2 nitrogen and oxygen atoms in total. The standard InChI is InChI=1S/C13H13BrN2/c1-9(7-15)12-3-11(6-14)4-13(5-12)10(2)8-16/h3-5,9-10H,6H2,1-2H3. The number of hydrogen-bond acceptors (Lipinski definition) is 2. The van der Waals surface area contributed by atoms with E-state index in [1.165, 1.54) is 0 Å². The minimum atomic E-state index is -0.136. The first kappa shape index (κ1) is 12.7. The van der Waals surface area contributed by atoms with E-state index in [2.05, 4.69) is 28.1 Å². The van der Waals surface area contributed by atoms with Crippen molar-refractivity contribution >= 4 is 15.9 Å². The van der Waals surface area contributed by atoms with Crippen LogP contribution in [0.4, 0.5) is 0 Å². The number of benzene rings is 1. The zero-order valence-corrected chi connectivity index (χ0v) is 11.0. The quantitative estimate of drug-likeness (QED) is 0.788. The maximum atomic E-state index is 8.91. The van der Waals surface area contributed by atoms with Gasteiger partial charge in [0.05, 0.1) is 24.0 Å². The van der Waals surface area contributed by atoms with Gasteiger partial charge in [-0.3, -0.25) is 0 Å². The first-order valence-electron chi connectivity index (χ1n) is 5.11. The summed E-state index contributed by atoms with van der Waals surface area (Å²) in [7, 11) is 0. The van der Waals surface area contributed by atoms with Crippen molar-refractivity contribution in [1.82, 2.24) is 0 Å². The molecule has 0 bridgehead atoms. The Morgan fingerprint density at radius 3 is 1.81 bits per heavy atom. The molecule has 0 aliphatic rings. The molecule has 0 N–H and O–H groups in total. The normalized spacial score (nSPS) is 13.6. The van der Waals surface area contributed by atoms with Crippen molar-refractivity contribution in [2.45, 2.75) is 31.0 Å². The van der Waals surface area contributed by atoms with Gasteiger partial charge in [-0.1, -0.05) is 34.1 Å². The highest BCUT2D eigenvalue weighted by molar-refractivity contribution is 9.08. The van der Waals surface area contributed by atoms with Gasteiger partial charge in [0, 0.05) is 5.33 Å². The number of nitriles is 2. The molecule has 0 saturated heterocycles. The molecule has 1 aromatic rings. The number of halogens is 1. The Morgan fingerprint density at radius 2 is 1.50 bits per heavy atom. The fraction of sp³-hybridized carbons (Fsp3) is 0.385. The van der Waals surface area contributed by atoms with E-state index in [1.54, 1.807) is 0 Å². The first-order valence-corrected chi connectivity index (χ1v) is 6.23. The number of nitrogens with zero attached hydrogens (tertiary/aromatic N) is 2.